The van der Waals surface area contributed by atoms with Gasteiger partial charge in [-0.3, -0.25) is 9.36 Å². The molecule has 1 heterocycles. The van der Waals surface area contributed by atoms with Crippen molar-refractivity contribution in [3.05, 3.63) is 83.4 Å². The summed E-state index contributed by atoms with van der Waals surface area (Å²) >= 11 is 0. The van der Waals surface area contributed by atoms with Gasteiger partial charge in [0.15, 0.2) is 0 Å². The van der Waals surface area contributed by atoms with Crippen LogP contribution in [0.3, 0.4) is 0 Å². The van der Waals surface area contributed by atoms with Crippen LogP contribution in [0, 0.1) is 18.3 Å². The Morgan fingerprint density at radius 3 is 2.36 bits per heavy atom. The van der Waals surface area contributed by atoms with Crippen molar-refractivity contribution in [2.45, 2.75) is 6.92 Å². The number of aryl methyl sites for hydroxylation is 1. The first-order chi connectivity index (χ1) is 16.0. The summed E-state index contributed by atoms with van der Waals surface area (Å²) < 4.78 is 2.02. The van der Waals surface area contributed by atoms with E-state index in [0.717, 1.165) is 22.3 Å². The zero-order valence-corrected chi connectivity index (χ0v) is 17.9. The van der Waals surface area contributed by atoms with Crippen LogP contribution in [0.25, 0.3) is 28.1 Å². The molecule has 0 aliphatic rings. The van der Waals surface area contributed by atoms with Gasteiger partial charge in [0, 0.05) is 29.9 Å². The fourth-order valence-corrected chi connectivity index (χ4v) is 3.51. The third kappa shape index (κ3) is 4.67. The number of carbonyl (C=O) groups is 2. The Kier molecular flexibility index (Phi) is 6.04. The van der Waals surface area contributed by atoms with Crippen LogP contribution < -0.4 is 10.6 Å². The van der Waals surface area contributed by atoms with Crippen molar-refractivity contribution in [3.63, 3.8) is 0 Å². The highest BCUT2D eigenvalue weighted by atomic mass is 16.4. The topological polar surface area (TPSA) is 120 Å². The molecule has 3 N–H and O–H groups in total. The summed E-state index contributed by atoms with van der Waals surface area (Å²) in [4.78, 5) is 27.9. The van der Waals surface area contributed by atoms with E-state index in [2.05, 4.69) is 16.7 Å². The van der Waals surface area contributed by atoms with E-state index in [-0.39, 0.29) is 19.0 Å². The molecule has 0 saturated heterocycles. The molecule has 8 heteroatoms. The van der Waals surface area contributed by atoms with E-state index in [0.29, 0.717) is 22.5 Å². The van der Waals surface area contributed by atoms with Gasteiger partial charge in [-0.05, 0) is 61.5 Å². The van der Waals surface area contributed by atoms with Gasteiger partial charge in [-0.25, -0.2) is 9.78 Å². The maximum absolute atomic E-state index is 12.5. The molecule has 164 valence electrons. The summed E-state index contributed by atoms with van der Waals surface area (Å²) in [5, 5.41) is 22.6. The van der Waals surface area contributed by atoms with E-state index in [1.165, 1.54) is 0 Å². The lowest BCUT2D eigenvalue weighted by molar-refractivity contribution is 0.0953. The summed E-state index contributed by atoms with van der Waals surface area (Å²) in [5.41, 5.74) is 5.38. The molecule has 0 aliphatic carbocycles. The number of carboxylic acid groups (broad SMARTS) is 1. The first kappa shape index (κ1) is 21.6. The first-order valence-corrected chi connectivity index (χ1v) is 10.3. The van der Waals surface area contributed by atoms with Crippen LogP contribution in [0.4, 0.5) is 4.79 Å². The van der Waals surface area contributed by atoms with Gasteiger partial charge in [0.1, 0.15) is 5.82 Å². The molecule has 0 unspecified atom stereocenters. The Morgan fingerprint density at radius 1 is 1.00 bits per heavy atom. The average molecular weight is 439 g/mol. The van der Waals surface area contributed by atoms with Crippen molar-refractivity contribution in [2.75, 3.05) is 13.1 Å². The Bertz CT molecular complexity index is 1370. The molecule has 3 aromatic carbocycles. The fourth-order valence-electron chi connectivity index (χ4n) is 3.51. The van der Waals surface area contributed by atoms with Gasteiger partial charge in [0.2, 0.25) is 0 Å². The quantitative estimate of drug-likeness (QED) is 0.394. The van der Waals surface area contributed by atoms with E-state index < -0.39 is 6.09 Å². The zero-order chi connectivity index (χ0) is 23.4. The lowest BCUT2D eigenvalue weighted by Gasteiger charge is -2.10. The van der Waals surface area contributed by atoms with Crippen LogP contribution in [0.1, 0.15) is 21.5 Å². The maximum atomic E-state index is 12.5. The van der Waals surface area contributed by atoms with Gasteiger partial charge in [0.05, 0.1) is 22.7 Å². The van der Waals surface area contributed by atoms with E-state index in [1.807, 2.05) is 54.0 Å². The number of aromatic nitrogens is 2. The van der Waals surface area contributed by atoms with Crippen LogP contribution in [-0.2, 0) is 0 Å². The number of carbonyl (C=O) groups excluding carboxylic acids is 1. The standard InChI is InChI=1S/C25H21N5O3/c1-16-2-9-20(10-3-16)30-22-11-8-19(24(31)27-12-13-28-25(32)33)14-21(22)29-23(30)18-6-4-17(15-26)5-7-18/h2-11,14,28H,12-13H2,1H3,(H,27,31)(H,32,33). The van der Waals surface area contributed by atoms with E-state index in [4.69, 9.17) is 15.4 Å². The highest BCUT2D eigenvalue weighted by Gasteiger charge is 2.16. The SMILES string of the molecule is Cc1ccc(-n2c(-c3ccc(C#N)cc3)nc3cc(C(=O)NCCNC(=O)O)ccc32)cc1. The predicted octanol–water partition coefficient (Wildman–Crippen LogP) is 3.87. The van der Waals surface area contributed by atoms with E-state index in [1.54, 1.807) is 24.3 Å². The fraction of sp³-hybridized carbons (Fsp3) is 0.120. The predicted molar refractivity (Wildman–Crippen MR) is 124 cm³/mol. The Balaban J connectivity index is 1.74. The Labute approximate surface area is 190 Å². The minimum absolute atomic E-state index is 0.119. The third-order valence-electron chi connectivity index (χ3n) is 5.17. The van der Waals surface area contributed by atoms with Gasteiger partial charge < -0.3 is 15.7 Å². The van der Waals surface area contributed by atoms with Gasteiger partial charge >= 0.3 is 6.09 Å². The summed E-state index contributed by atoms with van der Waals surface area (Å²) in [7, 11) is 0. The van der Waals surface area contributed by atoms with Crippen LogP contribution in [0.15, 0.2) is 66.7 Å². The monoisotopic (exact) mass is 439 g/mol. The van der Waals surface area contributed by atoms with Crippen molar-refractivity contribution in [1.82, 2.24) is 20.2 Å². The first-order valence-electron chi connectivity index (χ1n) is 10.3. The summed E-state index contributed by atoms with van der Waals surface area (Å²) in [5.74, 6) is 0.385. The van der Waals surface area contributed by atoms with Crippen molar-refractivity contribution in [1.29, 1.82) is 5.26 Å². The number of fused-ring (bicyclic) bond motifs is 1. The second kappa shape index (κ2) is 9.24. The molecule has 33 heavy (non-hydrogen) atoms. The third-order valence-corrected chi connectivity index (χ3v) is 5.17. The molecule has 0 fully saturated rings. The Hall–Kier alpha value is -4.64. The van der Waals surface area contributed by atoms with Crippen LogP contribution in [0.2, 0.25) is 0 Å². The number of nitrogens with one attached hydrogen (secondary N) is 2. The van der Waals surface area contributed by atoms with Crippen LogP contribution >= 0.6 is 0 Å². The highest BCUT2D eigenvalue weighted by Crippen LogP contribution is 2.29. The number of nitrogens with zero attached hydrogens (tertiary/aromatic N) is 3. The lowest BCUT2D eigenvalue weighted by Crippen LogP contribution is -2.33. The summed E-state index contributed by atoms with van der Waals surface area (Å²) in [6.45, 7) is 2.32. The van der Waals surface area contributed by atoms with Crippen molar-refractivity contribution < 1.29 is 14.7 Å². The lowest BCUT2D eigenvalue weighted by atomic mass is 10.1. The highest BCUT2D eigenvalue weighted by molar-refractivity contribution is 5.98. The molecule has 0 atom stereocenters. The van der Waals surface area contributed by atoms with Crippen molar-refractivity contribution in [2.24, 2.45) is 0 Å². The molecule has 0 saturated carbocycles. The minimum Gasteiger partial charge on any atom is -0.465 e. The Morgan fingerprint density at radius 2 is 1.70 bits per heavy atom. The zero-order valence-electron chi connectivity index (χ0n) is 17.9. The molecule has 0 spiro atoms. The average Bonchev–Trinajstić information content (AvgIpc) is 3.21. The molecule has 4 aromatic rings. The molecule has 4 rings (SSSR count). The second-order valence-electron chi connectivity index (χ2n) is 7.49. The number of imidazole rings is 1. The minimum atomic E-state index is -1.14. The van der Waals surface area contributed by atoms with Gasteiger partial charge in [-0.1, -0.05) is 17.7 Å². The molecular formula is C25H21N5O3. The van der Waals surface area contributed by atoms with Gasteiger partial charge in [0.25, 0.3) is 5.91 Å². The number of hydrogen-bond acceptors (Lipinski definition) is 4. The largest absolute Gasteiger partial charge is 0.465 e. The summed E-state index contributed by atoms with van der Waals surface area (Å²) in [6.07, 6.45) is -1.14. The van der Waals surface area contributed by atoms with Crippen molar-refractivity contribution in [3.8, 4) is 23.1 Å². The molecule has 8 nitrogen and oxygen atoms in total. The van der Waals surface area contributed by atoms with E-state index >= 15 is 0 Å². The molecule has 1 aromatic heterocycles. The number of rotatable bonds is 6. The van der Waals surface area contributed by atoms with E-state index in [9.17, 15) is 9.59 Å². The smallest absolute Gasteiger partial charge is 0.404 e. The number of hydrogen-bond donors (Lipinski definition) is 3. The summed E-state index contributed by atoms with van der Waals surface area (Å²) in [6, 6.07) is 22.7. The molecule has 2 amide bonds. The normalized spacial score (nSPS) is 10.5. The number of amides is 2. The number of nitriles is 1. The molecule has 0 radical (unpaired) electrons. The van der Waals surface area contributed by atoms with Crippen LogP contribution in [0.5, 0.6) is 0 Å². The maximum Gasteiger partial charge on any atom is 0.404 e. The van der Waals surface area contributed by atoms with Crippen LogP contribution in [-0.4, -0.2) is 39.7 Å². The van der Waals surface area contributed by atoms with Gasteiger partial charge in [-0.2, -0.15) is 5.26 Å². The molecule has 0 bridgehead atoms. The molecule has 0 aliphatic heterocycles. The number of benzene rings is 3. The second-order valence-corrected chi connectivity index (χ2v) is 7.49. The van der Waals surface area contributed by atoms with Crippen molar-refractivity contribution >= 4 is 23.0 Å². The van der Waals surface area contributed by atoms with Gasteiger partial charge in [-0.15, -0.1) is 0 Å². The molecular weight excluding hydrogens is 418 g/mol.